The highest BCUT2D eigenvalue weighted by molar-refractivity contribution is 8.05. The quantitative estimate of drug-likeness (QED) is 0.131. The second kappa shape index (κ2) is 18.9. The first-order valence-electron chi connectivity index (χ1n) is 13.0. The molecule has 0 fully saturated rings. The van der Waals surface area contributed by atoms with E-state index in [0.29, 0.717) is 0 Å². The zero-order chi connectivity index (χ0) is 29.1. The van der Waals surface area contributed by atoms with Crippen LogP contribution in [0.3, 0.4) is 0 Å². The molecule has 0 aromatic carbocycles. The molecule has 0 aliphatic heterocycles. The summed E-state index contributed by atoms with van der Waals surface area (Å²) in [6.07, 6.45) is 28.8. The standard InChI is InChI=1S/C21H40N2.C2HF6NO4S2/c1-2-3-4-5-6-7-8-9-10-11-12-13-14-15-16-17-19-23-20-18-22-21-23;3-1(4,5)14(10,11)9-15(12,13)2(6,7)8/h18,20-21H,2-17,19H2,1H3;9H. The lowest BCUT2D eigenvalue weighted by Gasteiger charge is -2.11. The van der Waals surface area contributed by atoms with Crippen LogP contribution < -0.4 is 4.13 Å². The molecule has 1 aromatic rings. The molecule has 1 heterocycles. The van der Waals surface area contributed by atoms with Crippen LogP contribution in [0.25, 0.3) is 0 Å². The number of alkyl halides is 6. The van der Waals surface area contributed by atoms with E-state index < -0.39 is 35.2 Å². The molecule has 0 radical (unpaired) electrons. The Kier molecular flexibility index (Phi) is 18.2. The van der Waals surface area contributed by atoms with Crippen LogP contribution in [0, 0.1) is 0 Å². The van der Waals surface area contributed by atoms with E-state index in [0.717, 1.165) is 6.54 Å². The number of aryl methyl sites for hydroxylation is 1. The largest absolute Gasteiger partial charge is 0.512 e. The number of unbranched alkanes of at least 4 members (excludes halogenated alkanes) is 15. The van der Waals surface area contributed by atoms with Gasteiger partial charge in [0.05, 0.1) is 6.33 Å². The van der Waals surface area contributed by atoms with E-state index in [-0.39, 0.29) is 0 Å². The summed E-state index contributed by atoms with van der Waals surface area (Å²) in [6.45, 7) is 3.43. The van der Waals surface area contributed by atoms with Gasteiger partial charge in [0.15, 0.2) is 0 Å². The van der Waals surface area contributed by atoms with Gasteiger partial charge in [-0.05, 0) is 6.42 Å². The maximum atomic E-state index is 11.5. The Hall–Kier alpha value is -1.35. The highest BCUT2D eigenvalue weighted by Gasteiger charge is 2.55. The maximum absolute atomic E-state index is 11.5. The summed E-state index contributed by atoms with van der Waals surface area (Å²) < 4.78 is 111. The Morgan fingerprint density at radius 1 is 0.632 bits per heavy atom. The van der Waals surface area contributed by atoms with Gasteiger partial charge < -0.3 is 4.57 Å². The Morgan fingerprint density at radius 2 is 0.974 bits per heavy atom. The van der Waals surface area contributed by atoms with E-state index in [4.69, 9.17) is 0 Å². The Balaban J connectivity index is 0.000000793. The fraction of sp³-hybridized carbons (Fsp3) is 0.870. The molecule has 0 bridgehead atoms. The van der Waals surface area contributed by atoms with Crippen molar-refractivity contribution in [3.8, 4) is 0 Å². The zero-order valence-corrected chi connectivity index (χ0v) is 23.5. The summed E-state index contributed by atoms with van der Waals surface area (Å²) in [4.78, 5) is 4.08. The fourth-order valence-electron chi connectivity index (χ4n) is 3.50. The number of hydrogen-bond acceptors (Lipinski definition) is 5. The summed E-state index contributed by atoms with van der Waals surface area (Å²) in [7, 11) is -13.2. The Labute approximate surface area is 222 Å². The first-order valence-corrected chi connectivity index (χ1v) is 16.0. The van der Waals surface area contributed by atoms with Crippen molar-refractivity contribution in [2.24, 2.45) is 0 Å². The van der Waals surface area contributed by atoms with Crippen molar-refractivity contribution >= 4 is 20.0 Å². The second-order valence-corrected chi connectivity index (χ2v) is 12.7. The van der Waals surface area contributed by atoms with Crippen LogP contribution in [0.1, 0.15) is 110 Å². The van der Waals surface area contributed by atoms with Crippen molar-refractivity contribution in [1.29, 1.82) is 0 Å². The van der Waals surface area contributed by atoms with E-state index in [1.54, 1.807) is 0 Å². The third-order valence-electron chi connectivity index (χ3n) is 5.66. The molecule has 0 atom stereocenters. The minimum atomic E-state index is -6.60. The number of sulfonamides is 2. The number of aromatic nitrogens is 2. The number of imidazole rings is 1. The first-order chi connectivity index (χ1) is 17.6. The van der Waals surface area contributed by atoms with Gasteiger partial charge in [-0.2, -0.15) is 26.3 Å². The molecule has 1 aromatic heterocycles. The maximum Gasteiger partial charge on any atom is 0.512 e. The lowest BCUT2D eigenvalue weighted by Crippen LogP contribution is -2.45. The van der Waals surface area contributed by atoms with Crippen LogP contribution in [0.2, 0.25) is 0 Å². The third-order valence-corrected chi connectivity index (χ3v) is 8.63. The molecule has 7 nitrogen and oxygen atoms in total. The molecule has 1 N–H and O–H groups in total. The number of hydrogen-bond donors (Lipinski definition) is 1. The van der Waals surface area contributed by atoms with Gasteiger partial charge in [-0.15, -0.1) is 0 Å². The summed E-state index contributed by atoms with van der Waals surface area (Å²) in [5, 5.41) is 0. The summed E-state index contributed by atoms with van der Waals surface area (Å²) in [6, 6.07) is 0. The smallest absolute Gasteiger partial charge is 0.337 e. The predicted octanol–water partition coefficient (Wildman–Crippen LogP) is 7.42. The normalized spacial score (nSPS) is 12.8. The van der Waals surface area contributed by atoms with E-state index in [9.17, 15) is 43.2 Å². The molecule has 0 aliphatic rings. The molecular weight excluding hydrogens is 560 g/mol. The molecular formula is C23H41F6N3O4S2. The van der Waals surface area contributed by atoms with Crippen LogP contribution in [0.15, 0.2) is 18.7 Å². The molecule has 0 aliphatic carbocycles. The second-order valence-electron chi connectivity index (χ2n) is 9.09. The van der Waals surface area contributed by atoms with Crippen LogP contribution in [-0.2, 0) is 26.6 Å². The number of nitrogens with zero attached hydrogens (tertiary/aromatic N) is 2. The molecule has 0 spiro atoms. The van der Waals surface area contributed by atoms with Gasteiger partial charge in [0, 0.05) is 18.9 Å². The van der Waals surface area contributed by atoms with Gasteiger partial charge in [0.1, 0.15) is 0 Å². The Morgan fingerprint density at radius 3 is 1.26 bits per heavy atom. The van der Waals surface area contributed by atoms with Crippen LogP contribution >= 0.6 is 0 Å². The van der Waals surface area contributed by atoms with E-state index in [1.165, 1.54) is 103 Å². The molecule has 38 heavy (non-hydrogen) atoms. The average Bonchev–Trinajstić information content (AvgIpc) is 3.31. The summed E-state index contributed by atoms with van der Waals surface area (Å²) >= 11 is 0. The highest BCUT2D eigenvalue weighted by atomic mass is 32.3. The third kappa shape index (κ3) is 17.3. The summed E-state index contributed by atoms with van der Waals surface area (Å²) in [5.74, 6) is 0. The fourth-order valence-corrected chi connectivity index (χ4v) is 5.41. The number of nitrogens with one attached hydrogen (secondary N) is 1. The average molecular weight is 602 g/mol. The molecule has 0 amide bonds. The van der Waals surface area contributed by atoms with Crippen LogP contribution in [0.5, 0.6) is 0 Å². The van der Waals surface area contributed by atoms with E-state index in [2.05, 4.69) is 22.7 Å². The lowest BCUT2D eigenvalue weighted by atomic mass is 10.0. The predicted molar refractivity (Wildman–Crippen MR) is 135 cm³/mol. The van der Waals surface area contributed by atoms with Gasteiger partial charge in [-0.3, -0.25) is 0 Å². The molecule has 226 valence electrons. The lowest BCUT2D eigenvalue weighted by molar-refractivity contribution is -0.0476. The number of halogens is 6. The zero-order valence-electron chi connectivity index (χ0n) is 21.9. The number of rotatable bonds is 19. The van der Waals surface area contributed by atoms with Crippen molar-refractivity contribution in [3.63, 3.8) is 0 Å². The van der Waals surface area contributed by atoms with Crippen LogP contribution in [0.4, 0.5) is 26.3 Å². The van der Waals surface area contributed by atoms with E-state index in [1.807, 2.05) is 12.5 Å². The minimum Gasteiger partial charge on any atom is -0.337 e. The molecule has 15 heteroatoms. The monoisotopic (exact) mass is 601 g/mol. The Bertz CT molecular complexity index is 878. The SMILES string of the molecule is CCCCCCCCCCCCCCCCCCn1ccnc1.O=S(=O)(NS(=O)(=O)C(F)(F)F)C(F)(F)F. The molecule has 0 unspecified atom stereocenters. The van der Waals surface area contributed by atoms with Gasteiger partial charge in [0.2, 0.25) is 0 Å². The molecule has 1 rings (SSSR count). The van der Waals surface area contributed by atoms with Gasteiger partial charge in [-0.25, -0.2) is 21.8 Å². The topological polar surface area (TPSA) is 98.1 Å². The van der Waals surface area contributed by atoms with Crippen molar-refractivity contribution in [2.45, 2.75) is 127 Å². The first kappa shape index (κ1) is 36.6. The van der Waals surface area contributed by atoms with Crippen molar-refractivity contribution in [1.82, 2.24) is 13.7 Å². The van der Waals surface area contributed by atoms with Crippen LogP contribution in [-0.4, -0.2) is 37.4 Å². The van der Waals surface area contributed by atoms with Gasteiger partial charge >= 0.3 is 31.1 Å². The molecule has 0 saturated heterocycles. The molecule has 0 saturated carbocycles. The van der Waals surface area contributed by atoms with Crippen molar-refractivity contribution in [3.05, 3.63) is 18.7 Å². The summed E-state index contributed by atoms with van der Waals surface area (Å²) in [5.41, 5.74) is -12.3. The van der Waals surface area contributed by atoms with Gasteiger partial charge in [-0.1, -0.05) is 107 Å². The minimum absolute atomic E-state index is 0.493. The highest BCUT2D eigenvalue weighted by Crippen LogP contribution is 2.27. The van der Waals surface area contributed by atoms with E-state index >= 15 is 0 Å². The van der Waals surface area contributed by atoms with Crippen molar-refractivity contribution in [2.75, 3.05) is 0 Å². The van der Waals surface area contributed by atoms with Crippen molar-refractivity contribution < 1.29 is 43.2 Å². The van der Waals surface area contributed by atoms with Gasteiger partial charge in [0.25, 0.3) is 0 Å².